The maximum absolute atomic E-state index is 12.6. The summed E-state index contributed by atoms with van der Waals surface area (Å²) in [4.78, 5) is 29.7. The van der Waals surface area contributed by atoms with Gasteiger partial charge in [0.2, 0.25) is 0 Å². The number of hydrogen-bond donors (Lipinski definition) is 1. The molecule has 0 aliphatic carbocycles. The zero-order valence-corrected chi connectivity index (χ0v) is 19.8. The van der Waals surface area contributed by atoms with E-state index in [1.165, 1.54) is 11.8 Å². The minimum absolute atomic E-state index is 0.227. The van der Waals surface area contributed by atoms with Gasteiger partial charge in [-0.15, -0.1) is 0 Å². The highest BCUT2D eigenvalue weighted by atomic mass is 32.2. The van der Waals surface area contributed by atoms with E-state index in [1.807, 2.05) is 18.2 Å². The standard InChI is InChI=1S/C27H21N3O4S/c1-17(2)33-26(32)19-10-7-11-21(14-19)29-27-30-25(31)24(35-27)15-18-8-3-5-12-22(18)34-23-13-6-4-9-20(23)16-28/h3-15,17H,1-2H3,(H,29,30,31)/b24-15-. The van der Waals surface area contributed by atoms with Gasteiger partial charge < -0.3 is 14.8 Å². The molecule has 1 heterocycles. The number of carbonyl (C=O) groups excluding carboxylic acids is 2. The normalized spacial score (nSPS) is 15.2. The second-order valence-corrected chi connectivity index (χ2v) is 8.76. The molecule has 0 saturated carbocycles. The number of amides is 1. The average Bonchev–Trinajstić information content (AvgIpc) is 3.18. The number of nitriles is 1. The predicted molar refractivity (Wildman–Crippen MR) is 135 cm³/mol. The summed E-state index contributed by atoms with van der Waals surface area (Å²) in [6.07, 6.45) is 1.48. The Morgan fingerprint density at radius 2 is 1.80 bits per heavy atom. The lowest BCUT2D eigenvalue weighted by molar-refractivity contribution is -0.115. The van der Waals surface area contributed by atoms with Crippen molar-refractivity contribution < 1.29 is 19.1 Å². The van der Waals surface area contributed by atoms with Crippen molar-refractivity contribution >= 4 is 40.6 Å². The van der Waals surface area contributed by atoms with Crippen LogP contribution in [0, 0.1) is 11.3 Å². The van der Waals surface area contributed by atoms with Gasteiger partial charge in [0.15, 0.2) is 5.17 Å². The first-order valence-electron chi connectivity index (χ1n) is 10.8. The lowest BCUT2D eigenvalue weighted by atomic mass is 10.1. The van der Waals surface area contributed by atoms with E-state index in [0.29, 0.717) is 43.9 Å². The number of aliphatic imine (C=N–C) groups is 1. The molecule has 4 rings (SSSR count). The number of carbonyl (C=O) groups is 2. The van der Waals surface area contributed by atoms with E-state index in [1.54, 1.807) is 74.5 Å². The molecule has 1 aliphatic heterocycles. The first-order valence-corrected chi connectivity index (χ1v) is 11.6. The van der Waals surface area contributed by atoms with Crippen LogP contribution in [-0.2, 0) is 9.53 Å². The van der Waals surface area contributed by atoms with E-state index in [-0.39, 0.29) is 12.0 Å². The van der Waals surface area contributed by atoms with Gasteiger partial charge in [0.1, 0.15) is 17.6 Å². The molecule has 35 heavy (non-hydrogen) atoms. The van der Waals surface area contributed by atoms with Crippen LogP contribution in [0.25, 0.3) is 6.08 Å². The van der Waals surface area contributed by atoms with E-state index in [2.05, 4.69) is 16.4 Å². The van der Waals surface area contributed by atoms with Gasteiger partial charge in [0.25, 0.3) is 5.91 Å². The van der Waals surface area contributed by atoms with Crippen molar-refractivity contribution in [1.29, 1.82) is 5.26 Å². The van der Waals surface area contributed by atoms with Gasteiger partial charge in [-0.2, -0.15) is 5.26 Å². The topological polar surface area (TPSA) is 101 Å². The molecule has 1 N–H and O–H groups in total. The maximum Gasteiger partial charge on any atom is 0.338 e. The van der Waals surface area contributed by atoms with Gasteiger partial charge >= 0.3 is 5.97 Å². The third-order valence-electron chi connectivity index (χ3n) is 4.74. The van der Waals surface area contributed by atoms with Crippen molar-refractivity contribution in [1.82, 2.24) is 5.32 Å². The van der Waals surface area contributed by atoms with Crippen molar-refractivity contribution in [2.45, 2.75) is 20.0 Å². The molecular formula is C27H21N3O4S. The molecule has 7 nitrogen and oxygen atoms in total. The molecular weight excluding hydrogens is 462 g/mol. The number of rotatable bonds is 6. The second kappa shape index (κ2) is 10.7. The predicted octanol–water partition coefficient (Wildman–Crippen LogP) is 5.81. The van der Waals surface area contributed by atoms with E-state index in [4.69, 9.17) is 9.47 Å². The van der Waals surface area contributed by atoms with Crippen molar-refractivity contribution in [2.75, 3.05) is 0 Å². The molecule has 0 unspecified atom stereocenters. The lowest BCUT2D eigenvalue weighted by Gasteiger charge is -2.10. The van der Waals surface area contributed by atoms with Crippen molar-refractivity contribution in [3.63, 3.8) is 0 Å². The number of amidine groups is 1. The number of nitrogens with one attached hydrogen (secondary N) is 1. The summed E-state index contributed by atoms with van der Waals surface area (Å²) in [6.45, 7) is 3.57. The Hall–Kier alpha value is -4.35. The molecule has 0 spiro atoms. The summed E-state index contributed by atoms with van der Waals surface area (Å²) in [7, 11) is 0. The fourth-order valence-electron chi connectivity index (χ4n) is 3.18. The largest absolute Gasteiger partial charge is 0.459 e. The molecule has 8 heteroatoms. The zero-order valence-electron chi connectivity index (χ0n) is 19.0. The van der Waals surface area contributed by atoms with E-state index < -0.39 is 5.97 Å². The third-order valence-corrected chi connectivity index (χ3v) is 5.65. The Labute approximate surface area is 207 Å². The van der Waals surface area contributed by atoms with Crippen molar-refractivity contribution in [3.8, 4) is 17.6 Å². The third kappa shape index (κ3) is 5.96. The Kier molecular flexibility index (Phi) is 7.29. The van der Waals surface area contributed by atoms with Crippen LogP contribution in [0.4, 0.5) is 5.69 Å². The highest BCUT2D eigenvalue weighted by Crippen LogP contribution is 2.33. The maximum atomic E-state index is 12.6. The number of esters is 1. The lowest BCUT2D eigenvalue weighted by Crippen LogP contribution is -2.19. The van der Waals surface area contributed by atoms with Crippen LogP contribution in [0.1, 0.15) is 35.3 Å². The number of thioether (sulfide) groups is 1. The summed E-state index contributed by atoms with van der Waals surface area (Å²) in [5.74, 6) is 0.219. The summed E-state index contributed by atoms with van der Waals surface area (Å²) < 4.78 is 11.2. The molecule has 3 aromatic carbocycles. The Morgan fingerprint density at radius 1 is 1.06 bits per heavy atom. The Bertz CT molecular complexity index is 1390. The monoisotopic (exact) mass is 483 g/mol. The Balaban J connectivity index is 1.56. The van der Waals surface area contributed by atoms with Gasteiger partial charge in [0, 0.05) is 5.56 Å². The molecule has 1 amide bonds. The number of benzene rings is 3. The van der Waals surface area contributed by atoms with Crippen LogP contribution in [0.15, 0.2) is 82.7 Å². The quantitative estimate of drug-likeness (QED) is 0.351. The summed E-state index contributed by atoms with van der Waals surface area (Å²) in [5.41, 5.74) is 1.99. The highest BCUT2D eigenvalue weighted by molar-refractivity contribution is 8.18. The zero-order chi connectivity index (χ0) is 24.8. The van der Waals surface area contributed by atoms with Crippen molar-refractivity contribution in [2.24, 2.45) is 4.99 Å². The number of nitrogens with zero attached hydrogens (tertiary/aromatic N) is 2. The van der Waals surface area contributed by atoms with Gasteiger partial charge in [0.05, 0.1) is 27.8 Å². The van der Waals surface area contributed by atoms with Crippen LogP contribution in [0.3, 0.4) is 0 Å². The Morgan fingerprint density at radius 3 is 2.57 bits per heavy atom. The van der Waals surface area contributed by atoms with Gasteiger partial charge in [-0.05, 0) is 68.1 Å². The highest BCUT2D eigenvalue weighted by Gasteiger charge is 2.24. The van der Waals surface area contributed by atoms with Crippen LogP contribution in [0.5, 0.6) is 11.5 Å². The minimum Gasteiger partial charge on any atom is -0.459 e. The second-order valence-electron chi connectivity index (χ2n) is 7.73. The molecule has 1 fully saturated rings. The van der Waals surface area contributed by atoms with E-state index in [9.17, 15) is 14.9 Å². The fourth-order valence-corrected chi connectivity index (χ4v) is 4.02. The number of hydrogen-bond acceptors (Lipinski definition) is 7. The average molecular weight is 484 g/mol. The van der Waals surface area contributed by atoms with Gasteiger partial charge in [-0.3, -0.25) is 4.79 Å². The van der Waals surface area contributed by atoms with Crippen LogP contribution >= 0.6 is 11.8 Å². The first-order chi connectivity index (χ1) is 16.9. The first kappa shape index (κ1) is 23.8. The summed E-state index contributed by atoms with van der Waals surface area (Å²) in [5, 5.41) is 12.5. The van der Waals surface area contributed by atoms with Crippen LogP contribution in [-0.4, -0.2) is 23.1 Å². The molecule has 0 aromatic heterocycles. The number of ether oxygens (including phenoxy) is 2. The van der Waals surface area contributed by atoms with Crippen LogP contribution in [0.2, 0.25) is 0 Å². The molecule has 0 bridgehead atoms. The molecule has 3 aromatic rings. The van der Waals surface area contributed by atoms with Gasteiger partial charge in [-0.25, -0.2) is 9.79 Å². The smallest absolute Gasteiger partial charge is 0.338 e. The summed E-state index contributed by atoms with van der Waals surface area (Å²) >= 11 is 1.18. The minimum atomic E-state index is -0.430. The van der Waals surface area contributed by atoms with Crippen molar-refractivity contribution in [3.05, 3.63) is 94.4 Å². The van der Waals surface area contributed by atoms with E-state index in [0.717, 1.165) is 0 Å². The molecule has 1 saturated heterocycles. The van der Waals surface area contributed by atoms with Crippen LogP contribution < -0.4 is 10.1 Å². The number of para-hydroxylation sites is 2. The SMILES string of the molecule is CC(C)OC(=O)c1cccc(N=C2NC(=O)/C(=C/c3ccccc3Oc3ccccc3C#N)S2)c1. The van der Waals surface area contributed by atoms with Gasteiger partial charge in [-0.1, -0.05) is 36.4 Å². The molecule has 0 atom stereocenters. The summed E-state index contributed by atoms with van der Waals surface area (Å²) in [6, 6.07) is 23.0. The molecule has 0 radical (unpaired) electrons. The fraction of sp³-hybridized carbons (Fsp3) is 0.111. The molecule has 174 valence electrons. The van der Waals surface area contributed by atoms with E-state index >= 15 is 0 Å². The molecule has 1 aliphatic rings.